The number of halogens is 6. The number of nitrogens with one attached hydrogen (secondary N) is 1. The second-order valence-corrected chi connectivity index (χ2v) is 2.98. The van der Waals surface area contributed by atoms with Gasteiger partial charge in [0.05, 0.1) is 10.6 Å². The molecule has 2 nitrogen and oxygen atoms in total. The average Bonchev–Trinajstić information content (AvgIpc) is 1.99. The van der Waals surface area contributed by atoms with E-state index in [9.17, 15) is 26.7 Å². The molecule has 1 aromatic heterocycles. The van der Waals surface area contributed by atoms with Crippen LogP contribution in [0.1, 0.15) is 17.7 Å². The van der Waals surface area contributed by atoms with Crippen LogP contribution in [0.25, 0.3) is 0 Å². The molecule has 0 spiro atoms. The van der Waals surface area contributed by atoms with Gasteiger partial charge in [0.2, 0.25) is 5.56 Å². The topological polar surface area (TPSA) is 32.9 Å². The van der Waals surface area contributed by atoms with E-state index in [2.05, 4.69) is 0 Å². The van der Waals surface area contributed by atoms with Gasteiger partial charge in [-0.3, -0.25) is 4.79 Å². The lowest BCUT2D eigenvalue weighted by Crippen LogP contribution is -2.19. The number of H-pyrrole nitrogens is 1. The van der Waals surface area contributed by atoms with Crippen molar-refractivity contribution < 1.29 is 22.0 Å². The van der Waals surface area contributed by atoms with Crippen LogP contribution in [0, 0.1) is 0 Å². The van der Waals surface area contributed by atoms with E-state index in [1.165, 1.54) is 4.98 Å². The predicted octanol–water partition coefficient (Wildman–Crippen LogP) is 2.98. The Morgan fingerprint density at radius 2 is 1.87 bits per heavy atom. The summed E-state index contributed by atoms with van der Waals surface area (Å²) in [5, 5.41) is -0.902. The highest BCUT2D eigenvalue weighted by Gasteiger charge is 2.38. The Labute approximate surface area is 84.7 Å². The molecule has 0 radical (unpaired) electrons. The van der Waals surface area contributed by atoms with Crippen LogP contribution in [0.3, 0.4) is 0 Å². The van der Waals surface area contributed by atoms with Crippen molar-refractivity contribution >= 4 is 11.6 Å². The first kappa shape index (κ1) is 12.0. The quantitative estimate of drug-likeness (QED) is 0.761. The molecule has 0 amide bonds. The SMILES string of the molecule is O=c1cc(Cl)c(C(F)F)c(C(F)(F)F)[nH]1. The lowest BCUT2D eigenvalue weighted by Gasteiger charge is -2.12. The van der Waals surface area contributed by atoms with Crippen LogP contribution in [0.2, 0.25) is 5.02 Å². The van der Waals surface area contributed by atoms with Gasteiger partial charge in [-0.2, -0.15) is 13.2 Å². The molecular formula is C7H3ClF5NO. The van der Waals surface area contributed by atoms with Crippen LogP contribution >= 0.6 is 11.6 Å². The molecular weight excluding hydrogens is 245 g/mol. The van der Waals surface area contributed by atoms with E-state index in [-0.39, 0.29) is 0 Å². The Balaban J connectivity index is 3.55. The number of hydrogen-bond acceptors (Lipinski definition) is 1. The fourth-order valence-electron chi connectivity index (χ4n) is 0.976. The molecule has 0 aliphatic carbocycles. The Hall–Kier alpha value is -1.11. The molecule has 0 atom stereocenters. The third kappa shape index (κ3) is 2.47. The molecule has 1 heterocycles. The summed E-state index contributed by atoms with van der Waals surface area (Å²) in [4.78, 5) is 11.9. The standard InChI is InChI=1S/C7H3ClF5NO/c8-2-1-3(15)14-5(7(11,12)13)4(2)6(9)10/h1,6H,(H,14,15). The van der Waals surface area contributed by atoms with E-state index in [1.807, 2.05) is 0 Å². The average molecular weight is 248 g/mol. The Kier molecular flexibility index (Phi) is 3.03. The molecule has 1 N–H and O–H groups in total. The van der Waals surface area contributed by atoms with Crippen molar-refractivity contribution in [1.29, 1.82) is 0 Å². The Bertz CT molecular complexity index is 424. The van der Waals surface area contributed by atoms with Crippen LogP contribution in [0.5, 0.6) is 0 Å². The zero-order chi connectivity index (χ0) is 11.8. The maximum atomic E-state index is 12.2. The van der Waals surface area contributed by atoms with Crippen LogP contribution in [-0.2, 0) is 6.18 Å². The minimum Gasteiger partial charge on any atom is -0.318 e. The van der Waals surface area contributed by atoms with E-state index in [1.54, 1.807) is 0 Å². The summed E-state index contributed by atoms with van der Waals surface area (Å²) in [5.74, 6) is 0. The first-order chi connectivity index (χ1) is 6.73. The van der Waals surface area contributed by atoms with Gasteiger partial charge in [0.15, 0.2) is 0 Å². The molecule has 0 bridgehead atoms. The third-order valence-electron chi connectivity index (χ3n) is 1.53. The summed E-state index contributed by atoms with van der Waals surface area (Å²) in [5.41, 5.74) is -4.41. The lowest BCUT2D eigenvalue weighted by molar-refractivity contribution is -0.143. The summed E-state index contributed by atoms with van der Waals surface area (Å²) in [6, 6.07) is 0.471. The van der Waals surface area contributed by atoms with E-state index >= 15 is 0 Å². The molecule has 1 rings (SSSR count). The normalized spacial score (nSPS) is 12.2. The molecule has 0 aliphatic rings. The monoisotopic (exact) mass is 247 g/mol. The van der Waals surface area contributed by atoms with Crippen molar-refractivity contribution in [3.05, 3.63) is 32.7 Å². The van der Waals surface area contributed by atoms with Crippen molar-refractivity contribution in [3.8, 4) is 0 Å². The van der Waals surface area contributed by atoms with E-state index in [4.69, 9.17) is 11.6 Å². The van der Waals surface area contributed by atoms with Gasteiger partial charge in [0.25, 0.3) is 6.43 Å². The summed E-state index contributed by atoms with van der Waals surface area (Å²) in [6.07, 6.45) is -8.48. The molecule has 0 saturated heterocycles. The van der Waals surface area contributed by atoms with Crippen LogP contribution in [0.4, 0.5) is 22.0 Å². The van der Waals surface area contributed by atoms with Gasteiger partial charge in [-0.25, -0.2) is 8.78 Å². The third-order valence-corrected chi connectivity index (χ3v) is 1.85. The van der Waals surface area contributed by atoms with E-state index in [0.717, 1.165) is 0 Å². The fourth-order valence-corrected chi connectivity index (χ4v) is 1.25. The van der Waals surface area contributed by atoms with E-state index in [0.29, 0.717) is 6.07 Å². The zero-order valence-corrected chi connectivity index (χ0v) is 7.59. The number of rotatable bonds is 1. The zero-order valence-electron chi connectivity index (χ0n) is 6.83. The smallest absolute Gasteiger partial charge is 0.318 e. The molecule has 8 heteroatoms. The summed E-state index contributed by atoms with van der Waals surface area (Å²) < 4.78 is 61.1. The maximum absolute atomic E-state index is 12.2. The molecule has 15 heavy (non-hydrogen) atoms. The van der Waals surface area contributed by atoms with Crippen molar-refractivity contribution in [2.24, 2.45) is 0 Å². The van der Waals surface area contributed by atoms with Gasteiger partial charge in [0.1, 0.15) is 5.69 Å². The highest BCUT2D eigenvalue weighted by Crippen LogP contribution is 2.37. The van der Waals surface area contributed by atoms with Gasteiger partial charge in [0, 0.05) is 6.07 Å². The van der Waals surface area contributed by atoms with Gasteiger partial charge in [-0.15, -0.1) is 0 Å². The second-order valence-electron chi connectivity index (χ2n) is 2.57. The highest BCUT2D eigenvalue weighted by atomic mass is 35.5. The number of pyridine rings is 1. The Morgan fingerprint density at radius 3 is 2.27 bits per heavy atom. The summed E-state index contributed by atoms with van der Waals surface area (Å²) in [7, 11) is 0. The summed E-state index contributed by atoms with van der Waals surface area (Å²) in [6.45, 7) is 0. The van der Waals surface area contributed by atoms with Crippen molar-refractivity contribution in [1.82, 2.24) is 4.98 Å². The van der Waals surface area contributed by atoms with Crippen LogP contribution < -0.4 is 5.56 Å². The van der Waals surface area contributed by atoms with Crippen molar-refractivity contribution in [2.75, 3.05) is 0 Å². The highest BCUT2D eigenvalue weighted by molar-refractivity contribution is 6.31. The fraction of sp³-hybridized carbons (Fsp3) is 0.286. The van der Waals surface area contributed by atoms with Gasteiger partial charge >= 0.3 is 6.18 Å². The first-order valence-corrected chi connectivity index (χ1v) is 3.89. The predicted molar refractivity (Wildman–Crippen MR) is 42.0 cm³/mol. The summed E-state index contributed by atoms with van der Waals surface area (Å²) >= 11 is 5.14. The molecule has 0 saturated carbocycles. The largest absolute Gasteiger partial charge is 0.431 e. The van der Waals surface area contributed by atoms with Crippen LogP contribution in [0.15, 0.2) is 10.9 Å². The number of aromatic amines is 1. The number of hydrogen-bond donors (Lipinski definition) is 1. The molecule has 0 aliphatic heterocycles. The Morgan fingerprint density at radius 1 is 1.33 bits per heavy atom. The molecule has 0 unspecified atom stereocenters. The molecule has 0 aromatic carbocycles. The minimum atomic E-state index is -5.07. The van der Waals surface area contributed by atoms with Gasteiger partial charge in [-0.1, -0.05) is 11.6 Å². The molecule has 84 valence electrons. The van der Waals surface area contributed by atoms with Crippen molar-refractivity contribution in [3.63, 3.8) is 0 Å². The second kappa shape index (κ2) is 3.80. The number of alkyl halides is 5. The van der Waals surface area contributed by atoms with Crippen molar-refractivity contribution in [2.45, 2.75) is 12.6 Å². The minimum absolute atomic E-state index is 0.471. The van der Waals surface area contributed by atoms with Crippen LogP contribution in [-0.4, -0.2) is 4.98 Å². The van der Waals surface area contributed by atoms with Gasteiger partial charge < -0.3 is 4.98 Å². The maximum Gasteiger partial charge on any atom is 0.431 e. The van der Waals surface area contributed by atoms with E-state index < -0.39 is 34.4 Å². The molecule has 1 aromatic rings. The molecule has 0 fully saturated rings. The first-order valence-electron chi connectivity index (χ1n) is 3.51. The number of aromatic nitrogens is 1. The van der Waals surface area contributed by atoms with Gasteiger partial charge in [-0.05, 0) is 0 Å². The lowest BCUT2D eigenvalue weighted by atomic mass is 10.2.